The summed E-state index contributed by atoms with van der Waals surface area (Å²) in [7, 11) is 0. The summed E-state index contributed by atoms with van der Waals surface area (Å²) in [5, 5.41) is 3.71. The molecule has 0 fully saturated rings. The van der Waals surface area contributed by atoms with E-state index in [0.29, 0.717) is 29.1 Å². The highest BCUT2D eigenvalue weighted by molar-refractivity contribution is 6.31. The Morgan fingerprint density at radius 1 is 1.10 bits per heavy atom. The van der Waals surface area contributed by atoms with Gasteiger partial charge in [-0.25, -0.2) is 8.78 Å². The zero-order valence-corrected chi connectivity index (χ0v) is 13.0. The van der Waals surface area contributed by atoms with Crippen LogP contribution in [0.15, 0.2) is 36.4 Å². The second-order valence-corrected chi connectivity index (χ2v) is 5.51. The van der Waals surface area contributed by atoms with Gasteiger partial charge < -0.3 is 5.32 Å². The molecule has 2 rings (SSSR count). The van der Waals surface area contributed by atoms with Gasteiger partial charge in [0.05, 0.1) is 5.02 Å². The van der Waals surface area contributed by atoms with Crippen LogP contribution in [-0.2, 0) is 6.42 Å². The topological polar surface area (TPSA) is 12.0 Å². The molecule has 0 aliphatic heterocycles. The van der Waals surface area contributed by atoms with Crippen LogP contribution in [0.4, 0.5) is 8.78 Å². The number of likely N-dealkylation sites (N-methyl/N-ethyl adjacent to an activating group) is 1. The summed E-state index contributed by atoms with van der Waals surface area (Å²) in [5.74, 6) is -0.825. The molecule has 112 valence electrons. The maximum Gasteiger partial charge on any atom is 0.146 e. The lowest BCUT2D eigenvalue weighted by molar-refractivity contribution is 0.509. The monoisotopic (exact) mass is 329 g/mol. The van der Waals surface area contributed by atoms with Crippen LogP contribution in [0.1, 0.15) is 24.1 Å². The van der Waals surface area contributed by atoms with E-state index in [0.717, 1.165) is 0 Å². The van der Waals surface area contributed by atoms with E-state index < -0.39 is 5.82 Å². The third-order valence-corrected chi connectivity index (χ3v) is 3.90. The smallest absolute Gasteiger partial charge is 0.146 e. The molecule has 1 unspecified atom stereocenters. The molecule has 2 aromatic carbocycles. The molecule has 0 bridgehead atoms. The van der Waals surface area contributed by atoms with Crippen molar-refractivity contribution < 1.29 is 8.78 Å². The van der Waals surface area contributed by atoms with Crippen molar-refractivity contribution in [2.75, 3.05) is 6.54 Å². The minimum absolute atomic E-state index is 0.0701. The molecule has 21 heavy (non-hydrogen) atoms. The largest absolute Gasteiger partial charge is 0.310 e. The van der Waals surface area contributed by atoms with Crippen LogP contribution in [0.3, 0.4) is 0 Å². The van der Waals surface area contributed by atoms with Gasteiger partial charge in [-0.3, -0.25) is 0 Å². The summed E-state index contributed by atoms with van der Waals surface area (Å²) in [6.45, 7) is 2.56. The summed E-state index contributed by atoms with van der Waals surface area (Å²) in [4.78, 5) is 0. The van der Waals surface area contributed by atoms with E-state index in [1.54, 1.807) is 12.1 Å². The van der Waals surface area contributed by atoms with Crippen molar-refractivity contribution in [3.05, 3.63) is 69.2 Å². The van der Waals surface area contributed by atoms with Crippen LogP contribution in [0.2, 0.25) is 10.0 Å². The van der Waals surface area contributed by atoms with E-state index >= 15 is 0 Å². The van der Waals surface area contributed by atoms with E-state index in [-0.39, 0.29) is 16.9 Å². The van der Waals surface area contributed by atoms with Crippen LogP contribution >= 0.6 is 23.2 Å². The van der Waals surface area contributed by atoms with Crippen molar-refractivity contribution in [1.29, 1.82) is 0 Å². The number of halogens is 4. The van der Waals surface area contributed by atoms with Gasteiger partial charge in [0.1, 0.15) is 11.6 Å². The van der Waals surface area contributed by atoms with E-state index in [9.17, 15) is 8.78 Å². The number of rotatable bonds is 5. The Labute approximate surface area is 132 Å². The highest BCUT2D eigenvalue weighted by atomic mass is 35.5. The van der Waals surface area contributed by atoms with Gasteiger partial charge in [-0.2, -0.15) is 0 Å². The van der Waals surface area contributed by atoms with Crippen molar-refractivity contribution in [1.82, 2.24) is 5.32 Å². The average molecular weight is 330 g/mol. The maximum absolute atomic E-state index is 14.2. The molecule has 1 atom stereocenters. The van der Waals surface area contributed by atoms with Gasteiger partial charge in [0.25, 0.3) is 0 Å². The lowest BCUT2D eigenvalue weighted by Crippen LogP contribution is -2.24. The van der Waals surface area contributed by atoms with Crippen LogP contribution in [0.25, 0.3) is 0 Å². The van der Waals surface area contributed by atoms with Gasteiger partial charge in [-0.15, -0.1) is 0 Å². The molecule has 0 aliphatic carbocycles. The highest BCUT2D eigenvalue weighted by Crippen LogP contribution is 2.28. The lowest BCUT2D eigenvalue weighted by Gasteiger charge is -2.20. The first-order chi connectivity index (χ1) is 10.0. The molecule has 0 spiro atoms. The molecule has 5 heteroatoms. The molecular formula is C16H15Cl2F2N. The second kappa shape index (κ2) is 7.21. The molecule has 0 heterocycles. The highest BCUT2D eigenvalue weighted by Gasteiger charge is 2.18. The second-order valence-electron chi connectivity index (χ2n) is 4.69. The Morgan fingerprint density at radius 3 is 2.57 bits per heavy atom. The molecule has 1 N–H and O–H groups in total. The Kier molecular flexibility index (Phi) is 5.57. The van der Waals surface area contributed by atoms with Crippen molar-refractivity contribution in [2.45, 2.75) is 19.4 Å². The van der Waals surface area contributed by atoms with E-state index in [4.69, 9.17) is 23.2 Å². The first-order valence-electron chi connectivity index (χ1n) is 6.64. The van der Waals surface area contributed by atoms with Crippen LogP contribution in [0.5, 0.6) is 0 Å². The minimum Gasteiger partial charge on any atom is -0.310 e. The predicted octanol–water partition coefficient (Wildman–Crippen LogP) is 5.16. The Balaban J connectivity index is 2.35. The van der Waals surface area contributed by atoms with Gasteiger partial charge in [0, 0.05) is 16.6 Å². The molecule has 0 amide bonds. The van der Waals surface area contributed by atoms with Crippen molar-refractivity contribution in [2.24, 2.45) is 0 Å². The molecular weight excluding hydrogens is 315 g/mol. The van der Waals surface area contributed by atoms with Crippen molar-refractivity contribution >= 4 is 23.2 Å². The number of nitrogens with one attached hydrogen (secondary N) is 1. The van der Waals surface area contributed by atoms with Gasteiger partial charge in [-0.05, 0) is 42.8 Å². The van der Waals surface area contributed by atoms with E-state index in [2.05, 4.69) is 5.32 Å². The summed E-state index contributed by atoms with van der Waals surface area (Å²) >= 11 is 11.9. The summed E-state index contributed by atoms with van der Waals surface area (Å²) in [6, 6.07) is 8.71. The van der Waals surface area contributed by atoms with Crippen LogP contribution in [-0.4, -0.2) is 6.54 Å². The molecule has 0 saturated heterocycles. The minimum atomic E-state index is -0.461. The average Bonchev–Trinajstić information content (AvgIpc) is 2.45. The molecule has 0 aliphatic rings. The molecule has 0 aromatic heterocycles. The SMILES string of the molecule is CCNC(Cc1cc(F)ccc1Cl)c1cccc(Cl)c1F. The first kappa shape index (κ1) is 16.2. The fourth-order valence-corrected chi connectivity index (χ4v) is 2.62. The zero-order valence-electron chi connectivity index (χ0n) is 11.5. The van der Waals surface area contributed by atoms with Crippen molar-refractivity contribution in [3.63, 3.8) is 0 Å². The number of benzene rings is 2. The van der Waals surface area contributed by atoms with Crippen LogP contribution in [0, 0.1) is 11.6 Å². The fraction of sp³-hybridized carbons (Fsp3) is 0.250. The molecule has 1 nitrogen and oxygen atoms in total. The lowest BCUT2D eigenvalue weighted by atomic mass is 9.98. The van der Waals surface area contributed by atoms with E-state index in [1.165, 1.54) is 24.3 Å². The van der Waals surface area contributed by atoms with Gasteiger partial charge in [0.2, 0.25) is 0 Å². The predicted molar refractivity (Wildman–Crippen MR) is 82.9 cm³/mol. The summed E-state index contributed by atoms with van der Waals surface area (Å²) in [5.41, 5.74) is 1.08. The Morgan fingerprint density at radius 2 is 1.86 bits per heavy atom. The third-order valence-electron chi connectivity index (χ3n) is 3.24. The van der Waals surface area contributed by atoms with Crippen LogP contribution < -0.4 is 5.32 Å². The van der Waals surface area contributed by atoms with Gasteiger partial charge in [-0.1, -0.05) is 42.3 Å². The summed E-state index contributed by atoms with van der Waals surface area (Å²) < 4.78 is 27.5. The maximum atomic E-state index is 14.2. The first-order valence-corrected chi connectivity index (χ1v) is 7.39. The Hall–Kier alpha value is -1.16. The van der Waals surface area contributed by atoms with Crippen molar-refractivity contribution in [3.8, 4) is 0 Å². The van der Waals surface area contributed by atoms with E-state index in [1.807, 2.05) is 6.92 Å². The quantitative estimate of drug-likeness (QED) is 0.798. The summed E-state index contributed by atoms with van der Waals surface area (Å²) in [6.07, 6.45) is 0.377. The normalized spacial score (nSPS) is 12.4. The number of hydrogen-bond acceptors (Lipinski definition) is 1. The molecule has 0 radical (unpaired) electrons. The molecule has 2 aromatic rings. The Bertz CT molecular complexity index is 632. The third kappa shape index (κ3) is 3.94. The fourth-order valence-electron chi connectivity index (χ4n) is 2.25. The molecule has 0 saturated carbocycles. The zero-order chi connectivity index (χ0) is 15.4. The van der Waals surface area contributed by atoms with Gasteiger partial charge >= 0.3 is 0 Å². The standard InChI is InChI=1S/C16H15Cl2F2N/c1-2-21-15(12-4-3-5-14(18)16(12)20)9-10-8-11(19)6-7-13(10)17/h3-8,15,21H,2,9H2,1H3. The van der Waals surface area contributed by atoms with Gasteiger partial charge in [0.15, 0.2) is 0 Å². The number of hydrogen-bond donors (Lipinski definition) is 1.